The van der Waals surface area contributed by atoms with Crippen LogP contribution >= 0.6 is 0 Å². The van der Waals surface area contributed by atoms with Gasteiger partial charge in [-0.15, -0.1) is 0 Å². The van der Waals surface area contributed by atoms with Crippen LogP contribution in [0.15, 0.2) is 261 Å². The van der Waals surface area contributed by atoms with Crippen molar-refractivity contribution in [2.24, 2.45) is 0 Å². The molecule has 7 heteroatoms. The first-order valence-electron chi connectivity index (χ1n) is 28.5. The smallest absolute Gasteiger partial charge is 0.101 e. The summed E-state index contributed by atoms with van der Waals surface area (Å²) in [4.78, 5) is 2.30. The Balaban J connectivity index is 0.963. The van der Waals surface area contributed by atoms with Crippen molar-refractivity contribution in [2.45, 2.75) is 19.3 Å². The van der Waals surface area contributed by atoms with Crippen LogP contribution < -0.4 is 4.90 Å². The number of para-hydroxylation sites is 6. The highest BCUT2D eigenvalue weighted by Crippen LogP contribution is 2.52. The summed E-state index contributed by atoms with van der Waals surface area (Å²) < 4.78 is 9.22. The van der Waals surface area contributed by atoms with Crippen molar-refractivity contribution in [3.05, 3.63) is 283 Å². The second-order valence-electron chi connectivity index (χ2n) is 22.7. The lowest BCUT2D eigenvalue weighted by Crippen LogP contribution is -2.15. The average molecular weight is 1070 g/mol. The number of anilines is 3. The zero-order chi connectivity index (χ0) is 55.9. The van der Waals surface area contributed by atoms with Crippen molar-refractivity contribution < 1.29 is 0 Å². The van der Waals surface area contributed by atoms with Gasteiger partial charge in [-0.25, -0.2) is 0 Å². The number of nitriles is 2. The van der Waals surface area contributed by atoms with Crippen molar-refractivity contribution in [3.63, 3.8) is 0 Å². The zero-order valence-electron chi connectivity index (χ0n) is 46.0. The van der Waals surface area contributed by atoms with Gasteiger partial charge >= 0.3 is 0 Å². The number of aromatic nitrogens is 4. The van der Waals surface area contributed by atoms with E-state index in [-0.39, 0.29) is 5.41 Å². The van der Waals surface area contributed by atoms with Gasteiger partial charge in [0, 0.05) is 76.9 Å². The summed E-state index contributed by atoms with van der Waals surface area (Å²) in [6.45, 7) is 4.61. The first-order chi connectivity index (χ1) is 41.4. The summed E-state index contributed by atoms with van der Waals surface area (Å²) in [5.74, 6) is 0. The first kappa shape index (κ1) is 47.4. The number of rotatable bonds is 7. The molecule has 1 aliphatic carbocycles. The monoisotopic (exact) mass is 1070 g/mol. The molecule has 0 saturated heterocycles. The minimum absolute atomic E-state index is 0.296. The van der Waals surface area contributed by atoms with Crippen LogP contribution in [0.2, 0.25) is 0 Å². The van der Waals surface area contributed by atoms with Gasteiger partial charge < -0.3 is 23.2 Å². The van der Waals surface area contributed by atoms with Crippen molar-refractivity contribution >= 4 is 104 Å². The minimum Gasteiger partial charge on any atom is -0.310 e. The zero-order valence-corrected chi connectivity index (χ0v) is 46.0. The van der Waals surface area contributed by atoms with E-state index in [0.717, 1.165) is 105 Å². The molecule has 0 saturated carbocycles. The van der Waals surface area contributed by atoms with Crippen molar-refractivity contribution in [2.75, 3.05) is 4.90 Å². The summed E-state index contributed by atoms with van der Waals surface area (Å²) in [5.41, 5.74) is 20.0. The fourth-order valence-electron chi connectivity index (χ4n) is 14.3. The van der Waals surface area contributed by atoms with Crippen LogP contribution in [0.3, 0.4) is 0 Å². The van der Waals surface area contributed by atoms with Crippen molar-refractivity contribution in [1.82, 2.24) is 18.3 Å². The number of hydrogen-bond acceptors (Lipinski definition) is 3. The molecule has 0 aliphatic heterocycles. The molecule has 0 unspecified atom stereocenters. The molecule has 17 rings (SSSR count). The van der Waals surface area contributed by atoms with Crippen LogP contribution in [0, 0.1) is 22.7 Å². The largest absolute Gasteiger partial charge is 0.310 e. The maximum absolute atomic E-state index is 11.8. The molecule has 7 nitrogen and oxygen atoms in total. The second-order valence-corrected chi connectivity index (χ2v) is 22.7. The van der Waals surface area contributed by atoms with E-state index in [1.807, 2.05) is 24.3 Å². The van der Waals surface area contributed by atoms with E-state index >= 15 is 0 Å². The predicted octanol–water partition coefficient (Wildman–Crippen LogP) is 19.6. The van der Waals surface area contributed by atoms with Crippen LogP contribution in [0.1, 0.15) is 36.1 Å². The van der Waals surface area contributed by atoms with Crippen LogP contribution in [-0.2, 0) is 5.41 Å². The Kier molecular flexibility index (Phi) is 10.1. The fraction of sp³-hybridized carbons (Fsp3) is 0.0390. The van der Waals surface area contributed by atoms with Gasteiger partial charge in [0.05, 0.1) is 66.6 Å². The third-order valence-corrected chi connectivity index (χ3v) is 18.0. The van der Waals surface area contributed by atoms with Gasteiger partial charge in [0.15, 0.2) is 0 Å². The van der Waals surface area contributed by atoms with Crippen molar-refractivity contribution in [1.29, 1.82) is 10.5 Å². The molecular formula is C77H49N7. The Morgan fingerprint density at radius 2 is 0.786 bits per heavy atom. The molecule has 0 radical (unpaired) electrons. The molecule has 4 heterocycles. The molecule has 392 valence electrons. The molecule has 0 N–H and O–H groups in total. The molecular weight excluding hydrogens is 1020 g/mol. The van der Waals surface area contributed by atoms with E-state index in [4.69, 9.17) is 0 Å². The van der Waals surface area contributed by atoms with E-state index in [2.05, 4.69) is 286 Å². The van der Waals surface area contributed by atoms with Crippen LogP contribution in [0.4, 0.5) is 17.1 Å². The standard InChI is InChI=1S/C77H49N7/c1-77(2)65-30-16-12-26-55(65)61-44-64-63-42-53(80(50-20-6-3-7-21-50)51-22-8-4-9-23-51)34-38-70(63)83(74(64)45-66(61)77)72-40-49(47-79)73(41-48(72)46-78)84-71-39-35-54(81-67-31-17-13-27-56(67)57-28-14-18-32-68(57)81)43-62(71)60-37-36-59-58-29-15-19-33-69(58)82(75(59)76(60)84)52-24-10-5-11-25-52/h3-45H,1-2H3. The molecule has 84 heavy (non-hydrogen) atoms. The van der Waals surface area contributed by atoms with E-state index in [0.29, 0.717) is 22.5 Å². The Labute approximate surface area is 483 Å². The second kappa shape index (κ2) is 17.8. The molecule has 12 aromatic carbocycles. The van der Waals surface area contributed by atoms with E-state index in [1.54, 1.807) is 0 Å². The molecule has 0 spiro atoms. The van der Waals surface area contributed by atoms with Gasteiger partial charge in [-0.3, -0.25) is 0 Å². The van der Waals surface area contributed by atoms with Crippen LogP contribution in [0.5, 0.6) is 0 Å². The van der Waals surface area contributed by atoms with E-state index in [1.165, 1.54) is 33.0 Å². The normalized spacial score (nSPS) is 12.7. The molecule has 0 bridgehead atoms. The molecule has 16 aromatic rings. The lowest BCUT2D eigenvalue weighted by atomic mass is 9.82. The van der Waals surface area contributed by atoms with Gasteiger partial charge in [-0.1, -0.05) is 159 Å². The lowest BCUT2D eigenvalue weighted by molar-refractivity contribution is 0.661. The van der Waals surface area contributed by atoms with E-state index < -0.39 is 0 Å². The molecule has 1 aliphatic rings. The van der Waals surface area contributed by atoms with Crippen molar-refractivity contribution in [3.8, 4) is 46.0 Å². The van der Waals surface area contributed by atoms with E-state index in [9.17, 15) is 10.5 Å². The Morgan fingerprint density at radius 3 is 1.43 bits per heavy atom. The highest BCUT2D eigenvalue weighted by Gasteiger charge is 2.37. The van der Waals surface area contributed by atoms with Crippen LogP contribution in [-0.4, -0.2) is 18.3 Å². The Morgan fingerprint density at radius 1 is 0.310 bits per heavy atom. The predicted molar refractivity (Wildman–Crippen MR) is 345 cm³/mol. The van der Waals surface area contributed by atoms with Gasteiger partial charge in [0.25, 0.3) is 0 Å². The molecule has 0 amide bonds. The van der Waals surface area contributed by atoms with Crippen LogP contribution in [0.25, 0.3) is 121 Å². The first-order valence-corrected chi connectivity index (χ1v) is 28.5. The van der Waals surface area contributed by atoms with Gasteiger partial charge in [0.2, 0.25) is 0 Å². The Bertz CT molecular complexity index is 5450. The fourth-order valence-corrected chi connectivity index (χ4v) is 14.3. The average Bonchev–Trinajstić information content (AvgIpc) is 4.11. The Hall–Kier alpha value is -11.4. The summed E-state index contributed by atoms with van der Waals surface area (Å²) in [5, 5.41) is 32.4. The molecule has 4 aromatic heterocycles. The number of benzene rings is 12. The minimum atomic E-state index is -0.296. The number of nitrogens with zero attached hydrogens (tertiary/aromatic N) is 7. The maximum atomic E-state index is 11.8. The summed E-state index contributed by atoms with van der Waals surface area (Å²) in [6, 6.07) is 98.1. The summed E-state index contributed by atoms with van der Waals surface area (Å²) in [6.07, 6.45) is 0. The third-order valence-electron chi connectivity index (χ3n) is 18.0. The number of hydrogen-bond donors (Lipinski definition) is 0. The van der Waals surface area contributed by atoms with Gasteiger partial charge in [-0.05, 0) is 138 Å². The summed E-state index contributed by atoms with van der Waals surface area (Å²) >= 11 is 0. The third kappa shape index (κ3) is 6.61. The topological polar surface area (TPSA) is 70.5 Å². The number of fused-ring (bicyclic) bond motifs is 16. The maximum Gasteiger partial charge on any atom is 0.101 e. The SMILES string of the molecule is CC1(C)c2ccccc2-c2cc3c4cc(N(c5ccccc5)c5ccccc5)ccc4n(-c4cc(C#N)c(-n5c6ccc(-n7c8ccccc8c8ccccc87)cc6c6ccc7c8ccccc8n(-c8ccccc8)c7c65)cc4C#N)c3cc21. The molecule has 0 atom stereocenters. The van der Waals surface area contributed by atoms with Gasteiger partial charge in [0.1, 0.15) is 12.1 Å². The highest BCUT2D eigenvalue weighted by molar-refractivity contribution is 6.24. The highest BCUT2D eigenvalue weighted by atomic mass is 15.1. The lowest BCUT2D eigenvalue weighted by Gasteiger charge is -2.25. The quantitative estimate of drug-likeness (QED) is 0.160. The summed E-state index contributed by atoms with van der Waals surface area (Å²) in [7, 11) is 0. The van der Waals surface area contributed by atoms with Gasteiger partial charge in [-0.2, -0.15) is 10.5 Å². The molecule has 0 fully saturated rings.